The topological polar surface area (TPSA) is 86.8 Å². The lowest BCUT2D eigenvalue weighted by atomic mass is 10.0. The third kappa shape index (κ3) is 8.45. The van der Waals surface area contributed by atoms with Gasteiger partial charge in [0, 0.05) is 18.5 Å². The van der Waals surface area contributed by atoms with E-state index in [9.17, 15) is 18.0 Å². The lowest BCUT2D eigenvalue weighted by Gasteiger charge is -2.35. The Bertz CT molecular complexity index is 1340. The van der Waals surface area contributed by atoms with Gasteiger partial charge in [0.1, 0.15) is 12.6 Å². The molecule has 1 N–H and O–H groups in total. The van der Waals surface area contributed by atoms with E-state index in [1.165, 1.54) is 4.90 Å². The molecule has 0 unspecified atom stereocenters. The van der Waals surface area contributed by atoms with Gasteiger partial charge < -0.3 is 10.2 Å². The zero-order valence-electron chi connectivity index (χ0n) is 22.7. The van der Waals surface area contributed by atoms with E-state index >= 15 is 0 Å². The molecule has 1 atom stereocenters. The second-order valence-electron chi connectivity index (χ2n) is 10.6. The summed E-state index contributed by atoms with van der Waals surface area (Å²) in [4.78, 5) is 29.2. The first-order chi connectivity index (χ1) is 17.8. The van der Waals surface area contributed by atoms with Crippen LogP contribution in [0, 0.1) is 6.92 Å². The van der Waals surface area contributed by atoms with Crippen LogP contribution in [0.1, 0.15) is 37.5 Å². The van der Waals surface area contributed by atoms with Gasteiger partial charge in [-0.15, -0.1) is 0 Å². The quantitative estimate of drug-likeness (QED) is 0.419. The molecule has 0 bridgehead atoms. The molecule has 0 aliphatic heterocycles. The molecule has 3 rings (SSSR count). The molecule has 0 aliphatic rings. The average molecular weight is 536 g/mol. The number of para-hydroxylation sites is 1. The van der Waals surface area contributed by atoms with E-state index in [-0.39, 0.29) is 18.9 Å². The molecule has 3 aromatic rings. The molecule has 0 radical (unpaired) electrons. The summed E-state index contributed by atoms with van der Waals surface area (Å²) in [7, 11) is -3.77. The standard InChI is InChI=1S/C30H37N3O4S/c1-23-13-12-16-25(19-23)21-32(28(34)22-33(38(5,36)37)26-17-10-7-11-18-26)27(29(35)31-30(2,3)4)20-24-14-8-6-9-15-24/h6-19,27H,20-22H2,1-5H3,(H,31,35)/t27-/m0/s1. The minimum Gasteiger partial charge on any atom is -0.350 e. The van der Waals surface area contributed by atoms with Gasteiger partial charge in [-0.2, -0.15) is 0 Å². The Balaban J connectivity index is 2.06. The lowest BCUT2D eigenvalue weighted by molar-refractivity contribution is -0.140. The number of nitrogens with zero attached hydrogens (tertiary/aromatic N) is 2. The Hall–Kier alpha value is -3.65. The van der Waals surface area contributed by atoms with Crippen LogP contribution in [0.5, 0.6) is 0 Å². The van der Waals surface area contributed by atoms with Gasteiger partial charge in [0.15, 0.2) is 0 Å². The fraction of sp³-hybridized carbons (Fsp3) is 0.333. The number of hydrogen-bond acceptors (Lipinski definition) is 4. The van der Waals surface area contributed by atoms with Crippen molar-refractivity contribution in [1.82, 2.24) is 10.2 Å². The maximum atomic E-state index is 14.0. The minimum atomic E-state index is -3.77. The first kappa shape index (κ1) is 28.9. The van der Waals surface area contributed by atoms with Crippen LogP contribution >= 0.6 is 0 Å². The van der Waals surface area contributed by atoms with Gasteiger partial charge in [0.2, 0.25) is 21.8 Å². The highest BCUT2D eigenvalue weighted by molar-refractivity contribution is 7.92. The summed E-state index contributed by atoms with van der Waals surface area (Å²) in [6.07, 6.45) is 1.36. The van der Waals surface area contributed by atoms with E-state index < -0.39 is 34.1 Å². The van der Waals surface area contributed by atoms with E-state index in [4.69, 9.17) is 0 Å². The summed E-state index contributed by atoms with van der Waals surface area (Å²) in [6.45, 7) is 7.35. The summed E-state index contributed by atoms with van der Waals surface area (Å²) < 4.78 is 26.6. The number of nitrogens with one attached hydrogen (secondary N) is 1. The average Bonchev–Trinajstić information content (AvgIpc) is 2.84. The Morgan fingerprint density at radius 2 is 1.45 bits per heavy atom. The number of hydrogen-bond donors (Lipinski definition) is 1. The number of amides is 2. The van der Waals surface area contributed by atoms with Crippen LogP contribution in [0.25, 0.3) is 0 Å². The molecule has 0 saturated heterocycles. The highest BCUT2D eigenvalue weighted by atomic mass is 32.2. The van der Waals surface area contributed by atoms with E-state index in [1.807, 2.05) is 82.3 Å². The molecule has 8 heteroatoms. The van der Waals surface area contributed by atoms with Gasteiger partial charge in [-0.1, -0.05) is 78.4 Å². The van der Waals surface area contributed by atoms with Crippen LogP contribution in [-0.2, 0) is 32.6 Å². The molecule has 0 fully saturated rings. The summed E-state index contributed by atoms with van der Waals surface area (Å²) in [6, 6.07) is 24.9. The zero-order valence-corrected chi connectivity index (χ0v) is 23.5. The molecule has 0 saturated carbocycles. The Labute approximate surface area is 226 Å². The largest absolute Gasteiger partial charge is 0.350 e. The van der Waals surface area contributed by atoms with Crippen LogP contribution in [0.15, 0.2) is 84.9 Å². The second-order valence-corrected chi connectivity index (χ2v) is 12.5. The van der Waals surface area contributed by atoms with E-state index in [0.29, 0.717) is 5.69 Å². The van der Waals surface area contributed by atoms with E-state index in [1.54, 1.807) is 30.3 Å². The van der Waals surface area contributed by atoms with Crippen LogP contribution < -0.4 is 9.62 Å². The van der Waals surface area contributed by atoms with Crippen molar-refractivity contribution in [2.75, 3.05) is 17.1 Å². The van der Waals surface area contributed by atoms with Gasteiger partial charge in [0.05, 0.1) is 11.9 Å². The van der Waals surface area contributed by atoms with Crippen molar-refractivity contribution in [3.63, 3.8) is 0 Å². The van der Waals surface area contributed by atoms with Crippen molar-refractivity contribution in [3.8, 4) is 0 Å². The summed E-state index contributed by atoms with van der Waals surface area (Å²) in [5.74, 6) is -0.765. The predicted molar refractivity (Wildman–Crippen MR) is 152 cm³/mol. The first-order valence-corrected chi connectivity index (χ1v) is 14.4. The summed E-state index contributed by atoms with van der Waals surface area (Å²) in [5, 5.41) is 3.02. The van der Waals surface area contributed by atoms with Crippen molar-refractivity contribution in [2.24, 2.45) is 0 Å². The fourth-order valence-corrected chi connectivity index (χ4v) is 5.07. The summed E-state index contributed by atoms with van der Waals surface area (Å²) >= 11 is 0. The van der Waals surface area contributed by atoms with Crippen LogP contribution in [0.3, 0.4) is 0 Å². The molecule has 0 spiro atoms. The molecule has 0 aromatic heterocycles. The van der Waals surface area contributed by atoms with Gasteiger partial charge in [-0.05, 0) is 51.0 Å². The van der Waals surface area contributed by atoms with E-state index in [2.05, 4.69) is 5.32 Å². The molecule has 0 aliphatic carbocycles. The molecular formula is C30H37N3O4S. The highest BCUT2D eigenvalue weighted by Gasteiger charge is 2.34. The normalized spacial score (nSPS) is 12.4. The van der Waals surface area contributed by atoms with Crippen molar-refractivity contribution in [2.45, 2.75) is 52.2 Å². The van der Waals surface area contributed by atoms with Gasteiger partial charge in [-0.25, -0.2) is 8.42 Å². The third-order valence-corrected chi connectivity index (χ3v) is 7.07. The lowest BCUT2D eigenvalue weighted by Crippen LogP contribution is -2.56. The number of sulfonamides is 1. The van der Waals surface area contributed by atoms with Crippen LogP contribution in [-0.4, -0.2) is 49.5 Å². The maximum absolute atomic E-state index is 14.0. The number of anilines is 1. The molecule has 38 heavy (non-hydrogen) atoms. The molecular weight excluding hydrogens is 498 g/mol. The Kier molecular flexibility index (Phi) is 9.33. The van der Waals surface area contributed by atoms with Crippen molar-refractivity contribution < 1.29 is 18.0 Å². The van der Waals surface area contributed by atoms with Gasteiger partial charge in [-0.3, -0.25) is 13.9 Å². The number of benzene rings is 3. The van der Waals surface area contributed by atoms with Crippen molar-refractivity contribution in [1.29, 1.82) is 0 Å². The maximum Gasteiger partial charge on any atom is 0.244 e. The van der Waals surface area contributed by atoms with Crippen LogP contribution in [0.4, 0.5) is 5.69 Å². The number of carbonyl (C=O) groups is 2. The Morgan fingerprint density at radius 3 is 2.00 bits per heavy atom. The first-order valence-electron chi connectivity index (χ1n) is 12.6. The number of rotatable bonds is 10. The minimum absolute atomic E-state index is 0.155. The smallest absolute Gasteiger partial charge is 0.244 e. The fourth-order valence-electron chi connectivity index (χ4n) is 4.22. The second kappa shape index (κ2) is 12.3. The molecule has 202 valence electrons. The zero-order chi connectivity index (χ0) is 27.9. The van der Waals surface area contributed by atoms with Gasteiger partial charge in [0.25, 0.3) is 0 Å². The van der Waals surface area contributed by atoms with Crippen LogP contribution in [0.2, 0.25) is 0 Å². The SMILES string of the molecule is Cc1cccc(CN(C(=O)CN(c2ccccc2)S(C)(=O)=O)[C@@H](Cc2ccccc2)C(=O)NC(C)(C)C)c1. The van der Waals surface area contributed by atoms with Gasteiger partial charge >= 0.3 is 0 Å². The Morgan fingerprint density at radius 1 is 0.868 bits per heavy atom. The molecule has 7 nitrogen and oxygen atoms in total. The third-order valence-electron chi connectivity index (χ3n) is 5.93. The van der Waals surface area contributed by atoms with E-state index in [0.717, 1.165) is 27.3 Å². The monoisotopic (exact) mass is 535 g/mol. The molecule has 2 amide bonds. The van der Waals surface area contributed by atoms with Crippen molar-refractivity contribution in [3.05, 3.63) is 102 Å². The highest BCUT2D eigenvalue weighted by Crippen LogP contribution is 2.20. The summed E-state index contributed by atoms with van der Waals surface area (Å²) in [5.41, 5.74) is 2.64. The number of aryl methyl sites for hydroxylation is 1. The van der Waals surface area contributed by atoms with Crippen molar-refractivity contribution >= 4 is 27.5 Å². The number of carbonyl (C=O) groups excluding carboxylic acids is 2. The predicted octanol–water partition coefficient (Wildman–Crippen LogP) is 4.32. The molecule has 0 heterocycles. The molecule has 3 aromatic carbocycles.